The van der Waals surface area contributed by atoms with Gasteiger partial charge in [-0.05, 0) is 59.6 Å². The van der Waals surface area contributed by atoms with Crippen LogP contribution >= 0.6 is 0 Å². The van der Waals surface area contributed by atoms with E-state index in [0.29, 0.717) is 22.5 Å². The largest absolute Gasteiger partial charge is 0.504 e. The molecular weight excluding hydrogens is 236 g/mol. The highest BCUT2D eigenvalue weighted by molar-refractivity contribution is 5.44. The topological polar surface area (TPSA) is 29.5 Å². The molecule has 0 radical (unpaired) electrons. The van der Waals surface area contributed by atoms with E-state index in [1.165, 1.54) is 24.8 Å². The molecule has 2 bridgehead atoms. The number of benzene rings is 1. The number of methoxy groups -OCH3 is 1. The maximum Gasteiger partial charge on any atom is 0.160 e. The Morgan fingerprint density at radius 3 is 2.47 bits per heavy atom. The van der Waals surface area contributed by atoms with Gasteiger partial charge in [0.1, 0.15) is 0 Å². The van der Waals surface area contributed by atoms with Crippen molar-refractivity contribution in [3.05, 3.63) is 23.8 Å². The lowest BCUT2D eigenvalue weighted by atomic mass is 9.65. The van der Waals surface area contributed by atoms with Gasteiger partial charge < -0.3 is 9.84 Å². The van der Waals surface area contributed by atoms with Crippen molar-refractivity contribution in [3.8, 4) is 11.5 Å². The molecule has 2 fully saturated rings. The van der Waals surface area contributed by atoms with Gasteiger partial charge in [-0.1, -0.05) is 26.8 Å². The highest BCUT2D eigenvalue weighted by atomic mass is 16.5. The number of fused-ring (bicyclic) bond motifs is 2. The van der Waals surface area contributed by atoms with Crippen LogP contribution in [-0.4, -0.2) is 12.2 Å². The minimum atomic E-state index is 0.268. The first-order valence-corrected chi connectivity index (χ1v) is 7.27. The lowest BCUT2D eigenvalue weighted by Crippen LogP contribution is -2.31. The first-order chi connectivity index (χ1) is 8.90. The van der Waals surface area contributed by atoms with Gasteiger partial charge in [0.25, 0.3) is 0 Å². The molecule has 0 spiro atoms. The first-order valence-electron chi connectivity index (χ1n) is 7.27. The molecule has 1 N–H and O–H groups in total. The number of aromatic hydroxyl groups is 1. The maximum atomic E-state index is 10.0. The summed E-state index contributed by atoms with van der Waals surface area (Å²) >= 11 is 0. The smallest absolute Gasteiger partial charge is 0.160 e. The molecule has 1 unspecified atom stereocenters. The van der Waals surface area contributed by atoms with Crippen LogP contribution in [0.5, 0.6) is 11.5 Å². The molecule has 2 aliphatic carbocycles. The van der Waals surface area contributed by atoms with Crippen LogP contribution in [0.1, 0.15) is 51.5 Å². The zero-order chi connectivity index (χ0) is 13.8. The second-order valence-corrected chi connectivity index (χ2v) is 7.09. The quantitative estimate of drug-likeness (QED) is 0.857. The molecule has 1 aromatic carbocycles. The molecule has 0 amide bonds. The summed E-state index contributed by atoms with van der Waals surface area (Å²) < 4.78 is 5.14. The second-order valence-electron chi connectivity index (χ2n) is 7.09. The van der Waals surface area contributed by atoms with Crippen molar-refractivity contribution < 1.29 is 9.84 Å². The van der Waals surface area contributed by atoms with Gasteiger partial charge in [-0.25, -0.2) is 0 Å². The average molecular weight is 260 g/mol. The monoisotopic (exact) mass is 260 g/mol. The van der Waals surface area contributed by atoms with E-state index in [4.69, 9.17) is 4.74 Å². The molecular formula is C17H24O2. The molecule has 0 saturated heterocycles. The minimum Gasteiger partial charge on any atom is -0.504 e. The van der Waals surface area contributed by atoms with Crippen LogP contribution in [0.15, 0.2) is 18.2 Å². The molecule has 104 valence electrons. The SMILES string of the molecule is COc1ccc(C2C[C@H]3CC[C@]2(C)C3(C)C)cc1O. The van der Waals surface area contributed by atoms with E-state index < -0.39 is 0 Å². The Morgan fingerprint density at radius 1 is 1.26 bits per heavy atom. The summed E-state index contributed by atoms with van der Waals surface area (Å²) in [6, 6.07) is 5.93. The van der Waals surface area contributed by atoms with Crippen molar-refractivity contribution >= 4 is 0 Å². The maximum absolute atomic E-state index is 10.0. The molecule has 3 rings (SSSR count). The lowest BCUT2D eigenvalue weighted by molar-refractivity contribution is 0.134. The molecule has 0 aromatic heterocycles. The number of phenolic OH excluding ortho intramolecular Hbond substituents is 1. The van der Waals surface area contributed by atoms with E-state index in [0.717, 1.165) is 5.92 Å². The third kappa shape index (κ3) is 1.55. The first kappa shape index (κ1) is 12.8. The third-order valence-corrected chi connectivity index (χ3v) is 6.40. The van der Waals surface area contributed by atoms with Crippen molar-refractivity contribution in [1.29, 1.82) is 0 Å². The van der Waals surface area contributed by atoms with Crippen LogP contribution in [0, 0.1) is 16.7 Å². The summed E-state index contributed by atoms with van der Waals surface area (Å²) in [5.41, 5.74) is 2.04. The van der Waals surface area contributed by atoms with E-state index in [1.54, 1.807) is 7.11 Å². The number of rotatable bonds is 2. The molecule has 0 aliphatic heterocycles. The fourth-order valence-corrected chi connectivity index (χ4v) is 4.63. The Hall–Kier alpha value is -1.18. The Kier molecular flexibility index (Phi) is 2.64. The fraction of sp³-hybridized carbons (Fsp3) is 0.647. The van der Waals surface area contributed by atoms with Crippen molar-refractivity contribution in [1.82, 2.24) is 0 Å². The van der Waals surface area contributed by atoms with Crippen LogP contribution in [0.2, 0.25) is 0 Å². The van der Waals surface area contributed by atoms with Gasteiger partial charge in [0, 0.05) is 0 Å². The van der Waals surface area contributed by atoms with Crippen molar-refractivity contribution in [2.45, 2.75) is 46.0 Å². The average Bonchev–Trinajstić information content (AvgIpc) is 2.71. The van der Waals surface area contributed by atoms with E-state index in [1.807, 2.05) is 12.1 Å². The van der Waals surface area contributed by atoms with Gasteiger partial charge in [-0.2, -0.15) is 0 Å². The predicted molar refractivity (Wildman–Crippen MR) is 76.6 cm³/mol. The molecule has 3 atom stereocenters. The molecule has 2 nitrogen and oxygen atoms in total. The molecule has 2 saturated carbocycles. The Bertz CT molecular complexity index is 506. The Balaban J connectivity index is 1.99. The number of phenols is 1. The second kappa shape index (κ2) is 3.91. The molecule has 2 aliphatic rings. The van der Waals surface area contributed by atoms with E-state index in [9.17, 15) is 5.11 Å². The highest BCUT2D eigenvalue weighted by Gasteiger charge is 2.61. The van der Waals surface area contributed by atoms with Crippen LogP contribution in [0.3, 0.4) is 0 Å². The van der Waals surface area contributed by atoms with Crippen LogP contribution in [-0.2, 0) is 0 Å². The normalized spacial score (nSPS) is 35.6. The number of hydrogen-bond acceptors (Lipinski definition) is 2. The van der Waals surface area contributed by atoms with Crippen molar-refractivity contribution in [2.75, 3.05) is 7.11 Å². The summed E-state index contributed by atoms with van der Waals surface area (Å²) in [7, 11) is 1.59. The van der Waals surface area contributed by atoms with Crippen LogP contribution in [0.4, 0.5) is 0 Å². The lowest BCUT2D eigenvalue weighted by Gasteiger charge is -2.39. The summed E-state index contributed by atoms with van der Waals surface area (Å²) in [6.45, 7) is 7.29. The summed E-state index contributed by atoms with van der Waals surface area (Å²) in [4.78, 5) is 0. The number of ether oxygens (including phenoxy) is 1. The van der Waals surface area contributed by atoms with Gasteiger partial charge in [-0.15, -0.1) is 0 Å². The zero-order valence-electron chi connectivity index (χ0n) is 12.4. The van der Waals surface area contributed by atoms with Crippen LogP contribution < -0.4 is 4.74 Å². The Morgan fingerprint density at radius 2 is 2.00 bits per heavy atom. The van der Waals surface area contributed by atoms with Crippen LogP contribution in [0.25, 0.3) is 0 Å². The van der Waals surface area contributed by atoms with Crippen molar-refractivity contribution in [3.63, 3.8) is 0 Å². The van der Waals surface area contributed by atoms with Gasteiger partial charge >= 0.3 is 0 Å². The van der Waals surface area contributed by atoms with E-state index >= 15 is 0 Å². The predicted octanol–water partition coefficient (Wildman–Crippen LogP) is 4.33. The third-order valence-electron chi connectivity index (χ3n) is 6.40. The van der Waals surface area contributed by atoms with Gasteiger partial charge in [0.05, 0.1) is 7.11 Å². The fourth-order valence-electron chi connectivity index (χ4n) is 4.63. The summed E-state index contributed by atoms with van der Waals surface area (Å²) in [6.07, 6.45) is 3.93. The Labute approximate surface area is 115 Å². The van der Waals surface area contributed by atoms with E-state index in [-0.39, 0.29) is 5.75 Å². The minimum absolute atomic E-state index is 0.268. The summed E-state index contributed by atoms with van der Waals surface area (Å²) in [5.74, 6) is 2.23. The molecule has 2 heteroatoms. The van der Waals surface area contributed by atoms with E-state index in [2.05, 4.69) is 26.8 Å². The van der Waals surface area contributed by atoms with Gasteiger partial charge in [0.15, 0.2) is 11.5 Å². The standard InChI is InChI=1S/C17H24O2/c1-16(2)12-7-8-17(16,3)13(10-12)11-5-6-15(19-4)14(18)9-11/h5-6,9,12-13,18H,7-8,10H2,1-4H3/t12-,13?,17+/m1/s1. The van der Waals surface area contributed by atoms with Gasteiger partial charge in [0.2, 0.25) is 0 Å². The molecule has 19 heavy (non-hydrogen) atoms. The van der Waals surface area contributed by atoms with Gasteiger partial charge in [-0.3, -0.25) is 0 Å². The highest BCUT2D eigenvalue weighted by Crippen LogP contribution is 2.71. The zero-order valence-corrected chi connectivity index (χ0v) is 12.4. The summed E-state index contributed by atoms with van der Waals surface area (Å²) in [5, 5.41) is 10.0. The van der Waals surface area contributed by atoms with Crippen molar-refractivity contribution in [2.24, 2.45) is 16.7 Å². The number of hydrogen-bond donors (Lipinski definition) is 1. The molecule has 1 aromatic rings. The molecule has 0 heterocycles.